The van der Waals surface area contributed by atoms with E-state index < -0.39 is 0 Å². The number of rotatable bonds is 5. The minimum Gasteiger partial charge on any atom is -0.311 e. The zero-order valence-electron chi connectivity index (χ0n) is 27.6. The summed E-state index contributed by atoms with van der Waals surface area (Å²) in [6, 6.07) is 60.0. The van der Waals surface area contributed by atoms with Crippen LogP contribution >= 0.6 is 0 Å². The first-order valence-corrected chi connectivity index (χ1v) is 17.2. The molecule has 0 fully saturated rings. The van der Waals surface area contributed by atoms with Crippen LogP contribution in [0, 0.1) is 0 Å². The van der Waals surface area contributed by atoms with Gasteiger partial charge < -0.3 is 4.90 Å². The minimum absolute atomic E-state index is 0.918. The fraction of sp³-hybridized carbons (Fsp3) is 0. The van der Waals surface area contributed by atoms with Gasteiger partial charge in [0.15, 0.2) is 0 Å². The van der Waals surface area contributed by atoms with Crippen LogP contribution in [0.4, 0.5) is 17.1 Å². The van der Waals surface area contributed by atoms with Crippen molar-refractivity contribution in [3.8, 4) is 22.4 Å². The van der Waals surface area contributed by atoms with Gasteiger partial charge in [-0.15, -0.1) is 0 Å². The lowest BCUT2D eigenvalue weighted by molar-refractivity contribution is 1.28. The highest BCUT2D eigenvalue weighted by Crippen LogP contribution is 2.42. The SMILES string of the molecule is c1ccc(N(c2ccccc2)c2ccc(-c3nc4ccccc4c4c3ccc3c(-c5ccnc6c5ccc5cccnc56)cccc34)cc2)cc1. The lowest BCUT2D eigenvalue weighted by Crippen LogP contribution is -2.09. The highest BCUT2D eigenvalue weighted by atomic mass is 15.1. The molecule has 0 aliphatic heterocycles. The molecule has 238 valence electrons. The van der Waals surface area contributed by atoms with E-state index in [4.69, 9.17) is 15.0 Å². The molecule has 0 radical (unpaired) electrons. The van der Waals surface area contributed by atoms with Crippen LogP contribution in [0.2, 0.25) is 0 Å². The Morgan fingerprint density at radius 1 is 0.373 bits per heavy atom. The molecule has 0 amide bonds. The number of aromatic nitrogens is 3. The van der Waals surface area contributed by atoms with Crippen LogP contribution in [-0.2, 0) is 0 Å². The van der Waals surface area contributed by atoms with Crippen LogP contribution in [0.3, 0.4) is 0 Å². The fourth-order valence-corrected chi connectivity index (χ4v) is 7.62. The van der Waals surface area contributed by atoms with Crippen LogP contribution in [0.5, 0.6) is 0 Å². The lowest BCUT2D eigenvalue weighted by Gasteiger charge is -2.25. The Kier molecular flexibility index (Phi) is 6.78. The van der Waals surface area contributed by atoms with E-state index in [0.29, 0.717) is 0 Å². The smallest absolute Gasteiger partial charge is 0.0970 e. The summed E-state index contributed by atoms with van der Waals surface area (Å²) in [6.45, 7) is 0. The quantitative estimate of drug-likeness (QED) is 0.174. The minimum atomic E-state index is 0.918. The first kappa shape index (κ1) is 29.0. The van der Waals surface area contributed by atoms with Crippen molar-refractivity contribution in [2.24, 2.45) is 0 Å². The summed E-state index contributed by atoms with van der Waals surface area (Å²) >= 11 is 0. The van der Waals surface area contributed by atoms with Crippen molar-refractivity contribution in [2.75, 3.05) is 4.90 Å². The summed E-state index contributed by atoms with van der Waals surface area (Å²) in [5, 5.41) is 8.05. The first-order chi connectivity index (χ1) is 25.3. The molecule has 10 aromatic rings. The van der Waals surface area contributed by atoms with Crippen LogP contribution in [-0.4, -0.2) is 15.0 Å². The molecule has 10 rings (SSSR count). The van der Waals surface area contributed by atoms with Gasteiger partial charge in [-0.2, -0.15) is 0 Å². The standard InChI is InChI=1S/C47H30N4/c1-3-12-33(13-4-1)51(34-14-5-2-6-15-34)35-23-20-32(21-24-35)45-42-27-26-37-36(17-9-18-39(37)44(42)41-16-7-8-19-43(41)50-45)38-28-30-49-47-40(38)25-22-31-11-10-29-48-46(31)47/h1-30H. The summed E-state index contributed by atoms with van der Waals surface area (Å²) in [4.78, 5) is 17.1. The van der Waals surface area contributed by atoms with Gasteiger partial charge in [0, 0.05) is 62.0 Å². The van der Waals surface area contributed by atoms with Crippen LogP contribution in [0.25, 0.3) is 76.6 Å². The van der Waals surface area contributed by atoms with E-state index >= 15 is 0 Å². The molecule has 4 nitrogen and oxygen atoms in total. The number of anilines is 3. The molecule has 0 spiro atoms. The lowest BCUT2D eigenvalue weighted by atomic mass is 9.90. The highest BCUT2D eigenvalue weighted by molar-refractivity contribution is 6.25. The van der Waals surface area contributed by atoms with Crippen molar-refractivity contribution >= 4 is 71.3 Å². The van der Waals surface area contributed by atoms with E-state index in [1.165, 1.54) is 21.7 Å². The number of para-hydroxylation sites is 3. The third-order valence-electron chi connectivity index (χ3n) is 9.92. The average Bonchev–Trinajstić information content (AvgIpc) is 3.21. The topological polar surface area (TPSA) is 41.9 Å². The summed E-state index contributed by atoms with van der Waals surface area (Å²) in [5.74, 6) is 0. The Bertz CT molecular complexity index is 2860. The van der Waals surface area contributed by atoms with Crippen LogP contribution in [0.15, 0.2) is 182 Å². The number of hydrogen-bond donors (Lipinski definition) is 0. The Morgan fingerprint density at radius 2 is 1.02 bits per heavy atom. The number of pyridine rings is 3. The highest BCUT2D eigenvalue weighted by Gasteiger charge is 2.18. The van der Waals surface area contributed by atoms with Crippen molar-refractivity contribution < 1.29 is 0 Å². The number of benzene rings is 7. The molecule has 7 aromatic carbocycles. The maximum Gasteiger partial charge on any atom is 0.0970 e. The van der Waals surface area contributed by atoms with E-state index in [9.17, 15) is 0 Å². The molecule has 0 N–H and O–H groups in total. The van der Waals surface area contributed by atoms with E-state index in [-0.39, 0.29) is 0 Å². The number of nitrogens with zero attached hydrogens (tertiary/aromatic N) is 4. The largest absolute Gasteiger partial charge is 0.311 e. The number of fused-ring (bicyclic) bond motifs is 8. The molecule has 0 saturated carbocycles. The fourth-order valence-electron chi connectivity index (χ4n) is 7.62. The van der Waals surface area contributed by atoms with Crippen molar-refractivity contribution in [1.82, 2.24) is 15.0 Å². The van der Waals surface area contributed by atoms with Gasteiger partial charge in [0.25, 0.3) is 0 Å². The molecule has 3 aromatic heterocycles. The second-order valence-electron chi connectivity index (χ2n) is 12.8. The van der Waals surface area contributed by atoms with Gasteiger partial charge >= 0.3 is 0 Å². The third kappa shape index (κ3) is 4.80. The molecule has 51 heavy (non-hydrogen) atoms. The Hall–Kier alpha value is -6.91. The Balaban J connectivity index is 1.16. The van der Waals surface area contributed by atoms with Crippen molar-refractivity contribution in [2.45, 2.75) is 0 Å². The molecule has 0 bridgehead atoms. The molecule has 4 heteroatoms. The summed E-state index contributed by atoms with van der Waals surface area (Å²) in [5.41, 5.74) is 10.5. The normalized spacial score (nSPS) is 11.5. The average molecular weight is 651 g/mol. The third-order valence-corrected chi connectivity index (χ3v) is 9.92. The summed E-state index contributed by atoms with van der Waals surface area (Å²) in [6.07, 6.45) is 3.75. The maximum atomic E-state index is 5.29. The maximum absolute atomic E-state index is 5.29. The Labute approximate surface area is 294 Å². The van der Waals surface area contributed by atoms with E-state index in [1.54, 1.807) is 0 Å². The first-order valence-electron chi connectivity index (χ1n) is 17.2. The van der Waals surface area contributed by atoms with E-state index in [0.717, 1.165) is 72.0 Å². The van der Waals surface area contributed by atoms with Crippen molar-refractivity contribution in [1.29, 1.82) is 0 Å². The second kappa shape index (κ2) is 11.9. The molecular weight excluding hydrogens is 621 g/mol. The van der Waals surface area contributed by atoms with Gasteiger partial charge in [-0.05, 0) is 76.5 Å². The van der Waals surface area contributed by atoms with Gasteiger partial charge in [0.1, 0.15) is 0 Å². The van der Waals surface area contributed by atoms with Gasteiger partial charge in [-0.3, -0.25) is 9.97 Å². The van der Waals surface area contributed by atoms with Crippen LogP contribution < -0.4 is 4.90 Å². The predicted octanol–water partition coefficient (Wildman–Crippen LogP) is 12.4. The van der Waals surface area contributed by atoms with Gasteiger partial charge in [0.2, 0.25) is 0 Å². The van der Waals surface area contributed by atoms with Crippen molar-refractivity contribution in [3.63, 3.8) is 0 Å². The van der Waals surface area contributed by atoms with Crippen molar-refractivity contribution in [3.05, 3.63) is 182 Å². The molecule has 0 atom stereocenters. The van der Waals surface area contributed by atoms with Gasteiger partial charge in [-0.25, -0.2) is 4.98 Å². The monoisotopic (exact) mass is 650 g/mol. The molecule has 3 heterocycles. The zero-order chi connectivity index (χ0) is 33.7. The van der Waals surface area contributed by atoms with E-state index in [1.807, 2.05) is 18.5 Å². The summed E-state index contributed by atoms with van der Waals surface area (Å²) < 4.78 is 0. The predicted molar refractivity (Wildman–Crippen MR) is 213 cm³/mol. The zero-order valence-corrected chi connectivity index (χ0v) is 27.6. The number of hydrogen-bond acceptors (Lipinski definition) is 4. The van der Waals surface area contributed by atoms with Gasteiger partial charge in [-0.1, -0.05) is 115 Å². The molecule has 0 saturated heterocycles. The molecule has 0 aliphatic rings. The molecule has 0 aliphatic carbocycles. The Morgan fingerprint density at radius 3 is 1.82 bits per heavy atom. The molecule has 0 unspecified atom stereocenters. The molecular formula is C47H30N4. The second-order valence-corrected chi connectivity index (χ2v) is 12.8. The van der Waals surface area contributed by atoms with E-state index in [2.05, 4.69) is 169 Å². The summed E-state index contributed by atoms with van der Waals surface area (Å²) in [7, 11) is 0. The van der Waals surface area contributed by atoms with Crippen LogP contribution in [0.1, 0.15) is 0 Å². The van der Waals surface area contributed by atoms with Gasteiger partial charge in [0.05, 0.1) is 22.2 Å².